The summed E-state index contributed by atoms with van der Waals surface area (Å²) in [5.74, 6) is 0.140. The summed E-state index contributed by atoms with van der Waals surface area (Å²) in [4.78, 5) is 30.5. The Morgan fingerprint density at radius 1 is 0.860 bits per heavy atom. The zero-order valence-corrected chi connectivity index (χ0v) is 28.3. The second kappa shape index (κ2) is 15.0. The molecule has 3 heterocycles. The molecule has 10 nitrogen and oxygen atoms in total. The number of urea groups is 1. The number of aliphatic hydroxyl groups is 1. The molecule has 4 N–H and O–H groups in total. The van der Waals surface area contributed by atoms with E-state index in [4.69, 9.17) is 9.47 Å². The Morgan fingerprint density at radius 2 is 1.52 bits per heavy atom. The Hall–Kier alpha value is -4.74. The molecule has 1 spiro atoms. The maximum atomic E-state index is 13.2. The van der Waals surface area contributed by atoms with Gasteiger partial charge in [-0.1, -0.05) is 91.9 Å². The van der Waals surface area contributed by atoms with Crippen molar-refractivity contribution in [1.29, 1.82) is 0 Å². The molecule has 3 aliphatic rings. The molecule has 0 unspecified atom stereocenters. The third-order valence-electron chi connectivity index (χ3n) is 10.4. The Morgan fingerprint density at radius 3 is 2.20 bits per heavy atom. The second-order valence-corrected chi connectivity index (χ2v) is 13.5. The Kier molecular flexibility index (Phi) is 10.1. The van der Waals surface area contributed by atoms with Crippen LogP contribution in [0.3, 0.4) is 0 Å². The quantitative estimate of drug-likeness (QED) is 0.180. The van der Waals surface area contributed by atoms with Gasteiger partial charge in [0.25, 0.3) is 0 Å². The largest absolute Gasteiger partial charge is 0.392 e. The van der Waals surface area contributed by atoms with Crippen LogP contribution < -0.4 is 20.9 Å². The monoisotopic (exact) mass is 675 g/mol. The topological polar surface area (TPSA) is 115 Å². The van der Waals surface area contributed by atoms with Crippen molar-refractivity contribution >= 4 is 23.3 Å². The standard InChI is InChI=1S/C40H45N5O5/c1-28-35(25-44-22-20-40(21-23-44)38(47)42-27-45(40)34-10-6-3-7-11-34)49-37(50-36(28)31-14-12-30(26-46)13-15-31)32-16-18-33(19-17-32)43-39(48)41-24-29-8-4-2-5-9-29/h2-19,28,35-37,46H,20-27H2,1H3,(H,42,47)(H2,41,43,48)/t28-,35+,36+,37+/m1/s1. The molecule has 3 aliphatic heterocycles. The Balaban J connectivity index is 1.04. The number of carbonyl (C=O) groups excluding carboxylic acids is 2. The molecule has 4 aromatic rings. The Bertz CT molecular complexity index is 1730. The number of hydrogen-bond donors (Lipinski definition) is 4. The smallest absolute Gasteiger partial charge is 0.319 e. The lowest BCUT2D eigenvalue weighted by atomic mass is 9.84. The highest BCUT2D eigenvalue weighted by molar-refractivity contribution is 5.93. The summed E-state index contributed by atoms with van der Waals surface area (Å²) < 4.78 is 13.4. The molecule has 0 saturated carbocycles. The summed E-state index contributed by atoms with van der Waals surface area (Å²) in [6, 6.07) is 35.2. The van der Waals surface area contributed by atoms with Gasteiger partial charge in [-0.05, 0) is 53.8 Å². The number of likely N-dealkylation sites (tertiary alicyclic amines) is 1. The second-order valence-electron chi connectivity index (χ2n) is 13.5. The Labute approximate surface area is 293 Å². The molecule has 3 amide bonds. The normalized spacial score (nSPS) is 23.4. The molecule has 0 aliphatic carbocycles. The van der Waals surface area contributed by atoms with Gasteiger partial charge in [0.1, 0.15) is 5.54 Å². The van der Waals surface area contributed by atoms with Crippen LogP contribution in [-0.2, 0) is 27.4 Å². The highest BCUT2D eigenvalue weighted by Crippen LogP contribution is 2.43. The molecular formula is C40H45N5O5. The molecule has 3 saturated heterocycles. The molecule has 260 valence electrons. The van der Waals surface area contributed by atoms with Crippen molar-refractivity contribution in [2.45, 2.75) is 57.0 Å². The highest BCUT2D eigenvalue weighted by atomic mass is 16.7. The fraction of sp³-hybridized carbons (Fsp3) is 0.350. The number of ether oxygens (including phenoxy) is 2. The average molecular weight is 676 g/mol. The summed E-state index contributed by atoms with van der Waals surface area (Å²) in [5.41, 5.74) is 4.93. The van der Waals surface area contributed by atoms with Gasteiger partial charge >= 0.3 is 6.03 Å². The number of piperidine rings is 1. The van der Waals surface area contributed by atoms with E-state index in [1.54, 1.807) is 0 Å². The maximum absolute atomic E-state index is 13.2. The molecule has 3 fully saturated rings. The van der Waals surface area contributed by atoms with Gasteiger partial charge in [-0.15, -0.1) is 0 Å². The van der Waals surface area contributed by atoms with E-state index < -0.39 is 11.8 Å². The van der Waals surface area contributed by atoms with Crippen molar-refractivity contribution in [2.75, 3.05) is 36.5 Å². The van der Waals surface area contributed by atoms with Crippen LogP contribution in [0.5, 0.6) is 0 Å². The van der Waals surface area contributed by atoms with Gasteiger partial charge in [-0.3, -0.25) is 4.79 Å². The molecule has 0 aromatic heterocycles. The van der Waals surface area contributed by atoms with Crippen LogP contribution in [0, 0.1) is 5.92 Å². The molecule has 4 atom stereocenters. The summed E-state index contributed by atoms with van der Waals surface area (Å²) in [7, 11) is 0. The summed E-state index contributed by atoms with van der Waals surface area (Å²) >= 11 is 0. The molecule has 50 heavy (non-hydrogen) atoms. The van der Waals surface area contributed by atoms with Gasteiger partial charge in [0.2, 0.25) is 5.91 Å². The lowest BCUT2D eigenvalue weighted by molar-refractivity contribution is -0.276. The van der Waals surface area contributed by atoms with E-state index in [9.17, 15) is 14.7 Å². The van der Waals surface area contributed by atoms with Crippen molar-refractivity contribution in [3.05, 3.63) is 131 Å². The van der Waals surface area contributed by atoms with E-state index in [-0.39, 0.29) is 36.7 Å². The zero-order chi connectivity index (χ0) is 34.5. The molecule has 10 heteroatoms. The van der Waals surface area contributed by atoms with Crippen LogP contribution in [0.2, 0.25) is 0 Å². The van der Waals surface area contributed by atoms with Gasteiger partial charge in [0.15, 0.2) is 6.29 Å². The van der Waals surface area contributed by atoms with Gasteiger partial charge in [-0.2, -0.15) is 0 Å². The van der Waals surface area contributed by atoms with Crippen LogP contribution in [0.4, 0.5) is 16.2 Å². The molecule has 4 aromatic carbocycles. The van der Waals surface area contributed by atoms with Crippen molar-refractivity contribution in [3.8, 4) is 0 Å². The summed E-state index contributed by atoms with van der Waals surface area (Å²) in [6.45, 7) is 5.36. The van der Waals surface area contributed by atoms with Gasteiger partial charge in [0, 0.05) is 49.0 Å². The first kappa shape index (κ1) is 33.7. The molecule has 0 radical (unpaired) electrons. The number of hydrogen-bond acceptors (Lipinski definition) is 7. The first-order chi connectivity index (χ1) is 24.4. The molecular weight excluding hydrogens is 630 g/mol. The number of anilines is 2. The van der Waals surface area contributed by atoms with E-state index in [2.05, 4.69) is 44.8 Å². The fourth-order valence-electron chi connectivity index (χ4n) is 7.40. The van der Waals surface area contributed by atoms with E-state index in [0.29, 0.717) is 25.4 Å². The number of amides is 3. The predicted molar refractivity (Wildman–Crippen MR) is 192 cm³/mol. The third kappa shape index (κ3) is 7.25. The lowest BCUT2D eigenvalue weighted by Crippen LogP contribution is -2.57. The average Bonchev–Trinajstić information content (AvgIpc) is 3.48. The third-order valence-corrected chi connectivity index (χ3v) is 10.4. The minimum atomic E-state index is -0.620. The van der Waals surface area contributed by atoms with Crippen molar-refractivity contribution < 1.29 is 24.2 Å². The van der Waals surface area contributed by atoms with Crippen LogP contribution >= 0.6 is 0 Å². The van der Waals surface area contributed by atoms with Crippen molar-refractivity contribution in [2.24, 2.45) is 5.92 Å². The van der Waals surface area contributed by atoms with Crippen LogP contribution in [0.15, 0.2) is 109 Å². The zero-order valence-electron chi connectivity index (χ0n) is 28.3. The van der Waals surface area contributed by atoms with Crippen LogP contribution in [0.1, 0.15) is 54.4 Å². The first-order valence-corrected chi connectivity index (χ1v) is 17.4. The fourth-order valence-corrected chi connectivity index (χ4v) is 7.40. The predicted octanol–water partition coefficient (Wildman–Crippen LogP) is 5.72. The number of carbonyl (C=O) groups is 2. The van der Waals surface area contributed by atoms with Crippen molar-refractivity contribution in [1.82, 2.24) is 15.5 Å². The highest BCUT2D eigenvalue weighted by Gasteiger charge is 2.51. The van der Waals surface area contributed by atoms with Crippen LogP contribution in [0.25, 0.3) is 0 Å². The number of para-hydroxylation sites is 1. The van der Waals surface area contributed by atoms with Gasteiger partial charge < -0.3 is 40.3 Å². The number of nitrogens with one attached hydrogen (secondary N) is 3. The summed E-state index contributed by atoms with van der Waals surface area (Å²) in [5, 5.41) is 18.5. The number of aliphatic hydroxyl groups excluding tert-OH is 1. The van der Waals surface area contributed by atoms with E-state index in [1.807, 2.05) is 97.1 Å². The van der Waals surface area contributed by atoms with E-state index in [0.717, 1.165) is 53.9 Å². The van der Waals surface area contributed by atoms with E-state index in [1.165, 1.54) is 0 Å². The summed E-state index contributed by atoms with van der Waals surface area (Å²) in [6.07, 6.45) is 0.459. The number of nitrogens with zero attached hydrogens (tertiary/aromatic N) is 2. The van der Waals surface area contributed by atoms with Crippen LogP contribution in [-0.4, -0.2) is 59.9 Å². The number of benzene rings is 4. The molecule has 0 bridgehead atoms. The SMILES string of the molecule is C[C@@H]1[C@H](CN2CCC3(CC2)C(=O)NCN3c2ccccc2)O[C@H](c2ccc(NC(=O)NCc3ccccc3)cc2)O[C@@H]1c1ccc(CO)cc1. The maximum Gasteiger partial charge on any atom is 0.319 e. The molecule has 7 rings (SSSR count). The first-order valence-electron chi connectivity index (χ1n) is 17.4. The van der Waals surface area contributed by atoms with Gasteiger partial charge in [-0.25, -0.2) is 4.79 Å². The lowest BCUT2D eigenvalue weighted by Gasteiger charge is -2.46. The van der Waals surface area contributed by atoms with E-state index >= 15 is 0 Å². The minimum Gasteiger partial charge on any atom is -0.392 e. The number of rotatable bonds is 9. The minimum absolute atomic E-state index is 0.0173. The van der Waals surface area contributed by atoms with Crippen molar-refractivity contribution in [3.63, 3.8) is 0 Å². The van der Waals surface area contributed by atoms with Gasteiger partial charge in [0.05, 0.1) is 25.5 Å².